The summed E-state index contributed by atoms with van der Waals surface area (Å²) in [6, 6.07) is 19.6. The minimum Gasteiger partial charge on any atom is -0.493 e. The van der Waals surface area contributed by atoms with Gasteiger partial charge in [0.1, 0.15) is 0 Å². The molecule has 2 aromatic heterocycles. The van der Waals surface area contributed by atoms with Gasteiger partial charge in [-0.25, -0.2) is 0 Å². The van der Waals surface area contributed by atoms with Crippen molar-refractivity contribution in [1.82, 2.24) is 30.5 Å². The number of ether oxygens (including phenoxy) is 2. The molecule has 0 saturated carbocycles. The molecule has 2 aromatic carbocycles. The molecule has 8 nitrogen and oxygen atoms in total. The molecule has 0 radical (unpaired) electrons. The number of benzene rings is 2. The lowest BCUT2D eigenvalue weighted by Gasteiger charge is -2.12. The maximum Gasteiger partial charge on any atom is 0.346 e. The van der Waals surface area contributed by atoms with Crippen LogP contribution in [0.4, 0.5) is 0 Å². The third-order valence-corrected chi connectivity index (χ3v) is 4.28. The predicted octanol–water partition coefficient (Wildman–Crippen LogP) is 3.99. The standard InChI is InChI=1S/C21H20N6O2.2ClH/c1-28-20-13-17(15-23-14-16-9-11-22-12-10-16)7-8-19(20)29-21-24-25-26-27(21)18-5-3-2-4-6-18;;/h2-13,23H,14-15H2,1H3;2*1H. The zero-order valence-corrected chi connectivity index (χ0v) is 18.3. The Morgan fingerprint density at radius 2 is 1.61 bits per heavy atom. The summed E-state index contributed by atoms with van der Waals surface area (Å²) in [7, 11) is 1.61. The van der Waals surface area contributed by atoms with Gasteiger partial charge in [0.05, 0.1) is 12.8 Å². The Bertz CT molecular complexity index is 1060. The lowest BCUT2D eigenvalue weighted by molar-refractivity contribution is 0.362. The quantitative estimate of drug-likeness (QED) is 0.425. The first kappa shape index (κ1) is 24.1. The van der Waals surface area contributed by atoms with Gasteiger partial charge in [0, 0.05) is 25.5 Å². The van der Waals surface area contributed by atoms with Crippen LogP contribution in [0.2, 0.25) is 0 Å². The molecule has 0 unspecified atom stereocenters. The van der Waals surface area contributed by atoms with Crippen molar-refractivity contribution in [3.63, 3.8) is 0 Å². The fourth-order valence-corrected chi connectivity index (χ4v) is 2.83. The second kappa shape index (κ2) is 11.8. The van der Waals surface area contributed by atoms with Gasteiger partial charge >= 0.3 is 6.01 Å². The van der Waals surface area contributed by atoms with E-state index in [1.807, 2.05) is 60.7 Å². The first-order valence-electron chi connectivity index (χ1n) is 9.11. The van der Waals surface area contributed by atoms with Crippen molar-refractivity contribution < 1.29 is 9.47 Å². The number of para-hydroxylation sites is 1. The highest BCUT2D eigenvalue weighted by Gasteiger charge is 2.14. The van der Waals surface area contributed by atoms with Gasteiger partial charge in [-0.05, 0) is 58.0 Å². The van der Waals surface area contributed by atoms with Gasteiger partial charge in [0.25, 0.3) is 0 Å². The van der Waals surface area contributed by atoms with E-state index in [1.165, 1.54) is 10.2 Å². The summed E-state index contributed by atoms with van der Waals surface area (Å²) in [5.41, 5.74) is 3.06. The molecule has 162 valence electrons. The Morgan fingerprint density at radius 3 is 2.35 bits per heavy atom. The summed E-state index contributed by atoms with van der Waals surface area (Å²) in [6.07, 6.45) is 3.57. The Hall–Kier alpha value is -3.20. The van der Waals surface area contributed by atoms with Crippen molar-refractivity contribution in [1.29, 1.82) is 0 Å². The second-order valence-corrected chi connectivity index (χ2v) is 6.26. The first-order chi connectivity index (χ1) is 14.3. The normalized spacial score (nSPS) is 9.97. The Morgan fingerprint density at radius 1 is 0.871 bits per heavy atom. The van der Waals surface area contributed by atoms with Crippen molar-refractivity contribution >= 4 is 24.8 Å². The van der Waals surface area contributed by atoms with Crippen molar-refractivity contribution in [3.8, 4) is 23.2 Å². The molecular formula is C21H22Cl2N6O2. The molecule has 0 amide bonds. The molecular weight excluding hydrogens is 439 g/mol. The van der Waals surface area contributed by atoms with E-state index in [9.17, 15) is 0 Å². The van der Waals surface area contributed by atoms with Crippen LogP contribution in [0.15, 0.2) is 73.1 Å². The predicted molar refractivity (Wildman–Crippen MR) is 121 cm³/mol. The number of hydrogen-bond acceptors (Lipinski definition) is 7. The fourth-order valence-electron chi connectivity index (χ4n) is 2.83. The highest BCUT2D eigenvalue weighted by molar-refractivity contribution is 5.85. The van der Waals surface area contributed by atoms with Gasteiger partial charge in [-0.15, -0.1) is 24.8 Å². The van der Waals surface area contributed by atoms with Crippen molar-refractivity contribution in [2.24, 2.45) is 0 Å². The lowest BCUT2D eigenvalue weighted by Crippen LogP contribution is -2.12. The van der Waals surface area contributed by atoms with Crippen LogP contribution in [0.3, 0.4) is 0 Å². The Labute approximate surface area is 192 Å². The van der Waals surface area contributed by atoms with E-state index in [-0.39, 0.29) is 30.8 Å². The van der Waals surface area contributed by atoms with Crippen molar-refractivity contribution in [2.75, 3.05) is 7.11 Å². The van der Waals surface area contributed by atoms with Gasteiger partial charge < -0.3 is 14.8 Å². The van der Waals surface area contributed by atoms with E-state index < -0.39 is 0 Å². The van der Waals surface area contributed by atoms with Gasteiger partial charge in [0.2, 0.25) is 0 Å². The molecule has 0 fully saturated rings. The molecule has 0 saturated heterocycles. The number of pyridine rings is 1. The molecule has 0 bridgehead atoms. The molecule has 31 heavy (non-hydrogen) atoms. The summed E-state index contributed by atoms with van der Waals surface area (Å²) in [4.78, 5) is 4.03. The summed E-state index contributed by atoms with van der Waals surface area (Å²) >= 11 is 0. The number of aromatic nitrogens is 5. The van der Waals surface area contributed by atoms with Gasteiger partial charge in [-0.1, -0.05) is 29.4 Å². The van der Waals surface area contributed by atoms with E-state index in [1.54, 1.807) is 19.5 Å². The van der Waals surface area contributed by atoms with E-state index in [2.05, 4.69) is 25.8 Å². The number of nitrogens with zero attached hydrogens (tertiary/aromatic N) is 5. The van der Waals surface area contributed by atoms with Crippen LogP contribution >= 0.6 is 24.8 Å². The Balaban J connectivity index is 0.00000171. The fraction of sp³-hybridized carbons (Fsp3) is 0.143. The van der Waals surface area contributed by atoms with Crippen LogP contribution in [-0.2, 0) is 13.1 Å². The minimum absolute atomic E-state index is 0. The highest BCUT2D eigenvalue weighted by atomic mass is 35.5. The first-order valence-corrected chi connectivity index (χ1v) is 9.11. The molecule has 10 heteroatoms. The number of halogens is 2. The van der Waals surface area contributed by atoms with Crippen molar-refractivity contribution in [3.05, 3.63) is 84.2 Å². The maximum atomic E-state index is 5.93. The number of rotatable bonds is 8. The zero-order chi connectivity index (χ0) is 19.9. The number of nitrogens with one attached hydrogen (secondary N) is 1. The average Bonchev–Trinajstić information content (AvgIpc) is 3.24. The van der Waals surface area contributed by atoms with Crippen LogP contribution in [0.1, 0.15) is 11.1 Å². The molecule has 4 rings (SSSR count). The summed E-state index contributed by atoms with van der Waals surface area (Å²) in [5, 5.41) is 15.1. The molecule has 2 heterocycles. The smallest absolute Gasteiger partial charge is 0.346 e. The highest BCUT2D eigenvalue weighted by Crippen LogP contribution is 2.32. The van der Waals surface area contributed by atoms with Crippen LogP contribution < -0.4 is 14.8 Å². The Kier molecular flexibility index (Phi) is 9.20. The van der Waals surface area contributed by atoms with E-state index in [4.69, 9.17) is 9.47 Å². The van der Waals surface area contributed by atoms with Gasteiger partial charge in [-0.3, -0.25) is 4.98 Å². The number of hydrogen-bond donors (Lipinski definition) is 1. The molecule has 0 spiro atoms. The van der Waals surface area contributed by atoms with Gasteiger partial charge in [0.15, 0.2) is 11.5 Å². The van der Waals surface area contributed by atoms with E-state index in [0.717, 1.165) is 17.8 Å². The topological polar surface area (TPSA) is 87.0 Å². The number of tetrazole rings is 1. The molecule has 1 N–H and O–H groups in total. The molecule has 0 atom stereocenters. The van der Waals surface area contributed by atoms with Crippen molar-refractivity contribution in [2.45, 2.75) is 13.1 Å². The van der Waals surface area contributed by atoms with Crippen LogP contribution in [0, 0.1) is 0 Å². The van der Waals surface area contributed by atoms with E-state index in [0.29, 0.717) is 18.0 Å². The second-order valence-electron chi connectivity index (χ2n) is 6.26. The largest absolute Gasteiger partial charge is 0.493 e. The third kappa shape index (κ3) is 6.14. The maximum absolute atomic E-state index is 5.93. The van der Waals surface area contributed by atoms with Gasteiger partial charge in [-0.2, -0.15) is 4.68 Å². The summed E-state index contributed by atoms with van der Waals surface area (Å²) in [6.45, 7) is 1.45. The summed E-state index contributed by atoms with van der Waals surface area (Å²) in [5.74, 6) is 1.15. The third-order valence-electron chi connectivity index (χ3n) is 4.28. The van der Waals surface area contributed by atoms with E-state index >= 15 is 0 Å². The van der Waals surface area contributed by atoms with Crippen LogP contribution in [-0.4, -0.2) is 32.3 Å². The SMILES string of the molecule is COc1cc(CNCc2ccncc2)ccc1Oc1nnnn1-c1ccccc1.Cl.Cl. The van der Waals surface area contributed by atoms with Crippen LogP contribution in [0.5, 0.6) is 17.5 Å². The minimum atomic E-state index is 0. The summed E-state index contributed by atoms with van der Waals surface area (Å²) < 4.78 is 13.0. The zero-order valence-electron chi connectivity index (χ0n) is 16.7. The molecule has 0 aliphatic heterocycles. The molecule has 0 aliphatic rings. The average molecular weight is 461 g/mol. The van der Waals surface area contributed by atoms with Crippen LogP contribution in [0.25, 0.3) is 5.69 Å². The molecule has 4 aromatic rings. The molecule has 0 aliphatic carbocycles. The monoisotopic (exact) mass is 460 g/mol. The number of methoxy groups -OCH3 is 1. The lowest BCUT2D eigenvalue weighted by atomic mass is 10.2.